The molecule has 1 saturated heterocycles. The molecule has 2 aliphatic rings. The maximum atomic E-state index is 12.1. The van der Waals surface area contributed by atoms with Crippen LogP contribution in [-0.4, -0.2) is 33.7 Å². The summed E-state index contributed by atoms with van der Waals surface area (Å²) in [5.41, 5.74) is 2.43. The van der Waals surface area contributed by atoms with Crippen LogP contribution in [0.3, 0.4) is 0 Å². The zero-order chi connectivity index (χ0) is 20.5. The highest BCUT2D eigenvalue weighted by atomic mass is 16.3. The summed E-state index contributed by atoms with van der Waals surface area (Å²) in [5, 5.41) is 7.57. The van der Waals surface area contributed by atoms with E-state index in [0.29, 0.717) is 6.04 Å². The molecule has 3 heterocycles. The Labute approximate surface area is 176 Å². The second-order valence-electron chi connectivity index (χ2n) is 8.54. The number of likely N-dealkylation sites (tertiary alicyclic amines) is 1. The van der Waals surface area contributed by atoms with Gasteiger partial charge in [-0.1, -0.05) is 18.2 Å². The minimum absolute atomic E-state index is 0.140. The van der Waals surface area contributed by atoms with E-state index in [4.69, 9.17) is 4.42 Å². The molecule has 5 rings (SSSR count). The van der Waals surface area contributed by atoms with Gasteiger partial charge in [-0.2, -0.15) is 5.10 Å². The molecule has 1 N–H and O–H groups in total. The molecule has 2 aromatic heterocycles. The maximum Gasteiger partial charge on any atom is 0.228 e. The van der Waals surface area contributed by atoms with Crippen molar-refractivity contribution in [1.82, 2.24) is 14.7 Å². The van der Waals surface area contributed by atoms with Gasteiger partial charge in [0.25, 0.3) is 0 Å². The number of aryl methyl sites for hydroxylation is 1. The number of hydrogen-bond acceptors (Lipinski definition) is 4. The van der Waals surface area contributed by atoms with Gasteiger partial charge in [0.05, 0.1) is 12.2 Å². The third-order valence-corrected chi connectivity index (χ3v) is 6.13. The van der Waals surface area contributed by atoms with Crippen molar-refractivity contribution in [3.63, 3.8) is 0 Å². The fourth-order valence-corrected chi connectivity index (χ4v) is 4.27. The van der Waals surface area contributed by atoms with Gasteiger partial charge in [-0.3, -0.25) is 9.69 Å². The molecule has 3 aromatic rings. The normalized spacial score (nSPS) is 17.9. The van der Waals surface area contributed by atoms with Crippen LogP contribution in [0.15, 0.2) is 53.1 Å². The number of nitrogens with one attached hydrogen (secondary N) is 1. The molecule has 0 radical (unpaired) electrons. The van der Waals surface area contributed by atoms with Gasteiger partial charge in [0, 0.05) is 37.2 Å². The average molecular weight is 405 g/mol. The number of carbonyl (C=O) groups excluding carboxylic acids is 1. The Bertz CT molecular complexity index is 1030. The summed E-state index contributed by atoms with van der Waals surface area (Å²) in [7, 11) is 0. The fourth-order valence-electron chi connectivity index (χ4n) is 4.27. The molecule has 1 aliphatic heterocycles. The second-order valence-corrected chi connectivity index (χ2v) is 8.54. The molecule has 30 heavy (non-hydrogen) atoms. The third kappa shape index (κ3) is 4.19. The summed E-state index contributed by atoms with van der Waals surface area (Å²) in [6, 6.07) is 14.9. The number of aromatic nitrogens is 2. The van der Waals surface area contributed by atoms with Crippen molar-refractivity contribution >= 4 is 11.7 Å². The van der Waals surface area contributed by atoms with Crippen molar-refractivity contribution < 1.29 is 9.21 Å². The van der Waals surface area contributed by atoms with Crippen molar-refractivity contribution in [1.29, 1.82) is 0 Å². The first-order chi connectivity index (χ1) is 14.7. The van der Waals surface area contributed by atoms with E-state index in [1.54, 1.807) is 6.20 Å². The first-order valence-electron chi connectivity index (χ1n) is 10.9. The summed E-state index contributed by atoms with van der Waals surface area (Å²) >= 11 is 0. The Morgan fingerprint density at radius 3 is 2.70 bits per heavy atom. The summed E-state index contributed by atoms with van der Waals surface area (Å²) in [4.78, 5) is 14.6. The Hall–Kier alpha value is -2.86. The van der Waals surface area contributed by atoms with Crippen LogP contribution >= 0.6 is 0 Å². The molecule has 1 aromatic carbocycles. The lowest BCUT2D eigenvalue weighted by Crippen LogP contribution is -2.35. The Kier molecular flexibility index (Phi) is 5.17. The van der Waals surface area contributed by atoms with Crippen molar-refractivity contribution in [2.24, 2.45) is 5.92 Å². The quantitative estimate of drug-likeness (QED) is 0.650. The van der Waals surface area contributed by atoms with Crippen LogP contribution in [0.2, 0.25) is 0 Å². The summed E-state index contributed by atoms with van der Waals surface area (Å²) in [6.45, 7) is 4.94. The second kappa shape index (κ2) is 8.11. The largest absolute Gasteiger partial charge is 0.461 e. The van der Waals surface area contributed by atoms with E-state index in [0.717, 1.165) is 68.2 Å². The zero-order valence-electron chi connectivity index (χ0n) is 17.4. The number of anilines is 1. The van der Waals surface area contributed by atoms with E-state index >= 15 is 0 Å². The lowest BCUT2D eigenvalue weighted by atomic mass is 10.0. The lowest BCUT2D eigenvalue weighted by molar-refractivity contribution is -0.117. The Balaban J connectivity index is 1.19. The number of carbonyl (C=O) groups is 1. The third-order valence-electron chi connectivity index (χ3n) is 6.13. The molecule has 6 nitrogen and oxygen atoms in total. The summed E-state index contributed by atoms with van der Waals surface area (Å²) in [6.07, 6.45) is 5.88. The molecule has 1 aliphatic carbocycles. The van der Waals surface area contributed by atoms with Crippen LogP contribution in [0.4, 0.5) is 5.82 Å². The van der Waals surface area contributed by atoms with Gasteiger partial charge in [0.15, 0.2) is 0 Å². The van der Waals surface area contributed by atoms with Crippen LogP contribution in [0.1, 0.15) is 43.0 Å². The van der Waals surface area contributed by atoms with Crippen molar-refractivity contribution in [2.45, 2.75) is 45.2 Å². The molecule has 2 fully saturated rings. The highest BCUT2D eigenvalue weighted by Crippen LogP contribution is 2.32. The van der Waals surface area contributed by atoms with E-state index < -0.39 is 0 Å². The highest BCUT2D eigenvalue weighted by Gasteiger charge is 2.31. The van der Waals surface area contributed by atoms with Crippen LogP contribution in [-0.2, 0) is 11.3 Å². The minimum Gasteiger partial charge on any atom is -0.461 e. The predicted octanol–water partition coefficient (Wildman–Crippen LogP) is 4.64. The minimum atomic E-state index is 0.140. The SMILES string of the molecule is Cc1ccc(-c2cccc(CN3CCC(n4nccc4NC(=O)C4CC4)CC3)c2)o1. The Morgan fingerprint density at radius 1 is 1.13 bits per heavy atom. The van der Waals surface area contributed by atoms with Gasteiger partial charge in [-0.15, -0.1) is 0 Å². The van der Waals surface area contributed by atoms with E-state index in [1.165, 1.54) is 5.56 Å². The Morgan fingerprint density at radius 2 is 1.97 bits per heavy atom. The van der Waals surface area contributed by atoms with Gasteiger partial charge in [-0.25, -0.2) is 4.68 Å². The molecule has 6 heteroatoms. The van der Waals surface area contributed by atoms with Gasteiger partial charge in [0.1, 0.15) is 17.3 Å². The molecule has 0 atom stereocenters. The van der Waals surface area contributed by atoms with E-state index in [9.17, 15) is 4.79 Å². The van der Waals surface area contributed by atoms with Crippen molar-refractivity contribution in [3.8, 4) is 11.3 Å². The topological polar surface area (TPSA) is 63.3 Å². The highest BCUT2D eigenvalue weighted by molar-refractivity contribution is 5.93. The number of piperidine rings is 1. The summed E-state index contributed by atoms with van der Waals surface area (Å²) < 4.78 is 7.79. The zero-order valence-corrected chi connectivity index (χ0v) is 17.4. The molecule has 1 amide bonds. The van der Waals surface area contributed by atoms with Gasteiger partial charge < -0.3 is 9.73 Å². The first kappa shape index (κ1) is 19.1. The van der Waals surface area contributed by atoms with Crippen LogP contribution in [0.5, 0.6) is 0 Å². The van der Waals surface area contributed by atoms with Crippen LogP contribution < -0.4 is 5.32 Å². The molecule has 156 valence electrons. The standard InChI is InChI=1S/C24H28N4O2/c1-17-5-8-22(30-17)20-4-2-3-18(15-20)16-27-13-10-21(11-14-27)28-23(9-12-25-28)26-24(29)19-6-7-19/h2-5,8-9,12,15,19,21H,6-7,10-11,13-14,16H2,1H3,(H,26,29). The van der Waals surface area contributed by atoms with Crippen molar-refractivity contribution in [2.75, 3.05) is 18.4 Å². The number of amides is 1. The average Bonchev–Trinajstić information content (AvgIpc) is 3.37. The molecule has 0 bridgehead atoms. The number of furan rings is 1. The number of benzene rings is 1. The molecule has 0 unspecified atom stereocenters. The smallest absolute Gasteiger partial charge is 0.228 e. The fraction of sp³-hybridized carbons (Fsp3) is 0.417. The molecular weight excluding hydrogens is 376 g/mol. The van der Waals surface area contributed by atoms with Gasteiger partial charge in [0.2, 0.25) is 5.91 Å². The van der Waals surface area contributed by atoms with E-state index in [2.05, 4.69) is 39.6 Å². The van der Waals surface area contributed by atoms with E-state index in [-0.39, 0.29) is 11.8 Å². The van der Waals surface area contributed by atoms with Gasteiger partial charge >= 0.3 is 0 Å². The maximum absolute atomic E-state index is 12.1. The molecule has 1 saturated carbocycles. The van der Waals surface area contributed by atoms with E-state index in [1.807, 2.05) is 29.8 Å². The molecular formula is C24H28N4O2. The predicted molar refractivity (Wildman–Crippen MR) is 116 cm³/mol. The van der Waals surface area contributed by atoms with Gasteiger partial charge in [-0.05, 0) is 56.4 Å². The summed E-state index contributed by atoms with van der Waals surface area (Å²) in [5.74, 6) is 3.04. The number of hydrogen-bond donors (Lipinski definition) is 1. The monoisotopic (exact) mass is 404 g/mol. The lowest BCUT2D eigenvalue weighted by Gasteiger charge is -2.32. The van der Waals surface area contributed by atoms with Crippen LogP contribution in [0.25, 0.3) is 11.3 Å². The van der Waals surface area contributed by atoms with Crippen molar-refractivity contribution in [3.05, 3.63) is 60.0 Å². The number of rotatable bonds is 6. The number of nitrogens with zero attached hydrogens (tertiary/aromatic N) is 3. The molecule has 0 spiro atoms. The van der Waals surface area contributed by atoms with Crippen LogP contribution in [0, 0.1) is 12.8 Å². The first-order valence-corrected chi connectivity index (χ1v) is 10.9.